The number of nitrogens with one attached hydrogen (secondary N) is 1. The molecule has 136 valence electrons. The van der Waals surface area contributed by atoms with E-state index in [2.05, 4.69) is 22.3 Å². The molecule has 2 fully saturated rings. The van der Waals surface area contributed by atoms with Gasteiger partial charge in [0.25, 0.3) is 0 Å². The molecule has 6 nitrogen and oxygen atoms in total. The predicted molar refractivity (Wildman–Crippen MR) is 96.1 cm³/mol. The maximum atomic E-state index is 12.2. The van der Waals surface area contributed by atoms with Gasteiger partial charge in [-0.2, -0.15) is 0 Å². The highest BCUT2D eigenvalue weighted by molar-refractivity contribution is 6.35. The Morgan fingerprint density at radius 2 is 1.88 bits per heavy atom. The van der Waals surface area contributed by atoms with Crippen molar-refractivity contribution in [2.75, 3.05) is 31.1 Å². The fraction of sp³-hybridized carbons (Fsp3) is 0.579. The van der Waals surface area contributed by atoms with Gasteiger partial charge >= 0.3 is 11.8 Å². The summed E-state index contributed by atoms with van der Waals surface area (Å²) in [5, 5.41) is 12.3. The first-order valence-electron chi connectivity index (χ1n) is 9.13. The molecule has 2 aliphatic rings. The summed E-state index contributed by atoms with van der Waals surface area (Å²) in [6.07, 6.45) is 2.78. The van der Waals surface area contributed by atoms with Gasteiger partial charge in [-0.15, -0.1) is 0 Å². The third kappa shape index (κ3) is 4.31. The Kier molecular flexibility index (Phi) is 5.58. The average Bonchev–Trinajstić information content (AvgIpc) is 3.31. The lowest BCUT2D eigenvalue weighted by Crippen LogP contribution is -2.42. The number of hydrogen-bond acceptors (Lipinski definition) is 4. The molecule has 0 spiro atoms. The molecule has 0 unspecified atom stereocenters. The quantitative estimate of drug-likeness (QED) is 0.803. The number of likely N-dealkylation sites (tertiary alicyclic amines) is 1. The van der Waals surface area contributed by atoms with E-state index >= 15 is 0 Å². The summed E-state index contributed by atoms with van der Waals surface area (Å²) in [5.74, 6) is -1.01. The molecule has 2 heterocycles. The molecule has 2 saturated heterocycles. The van der Waals surface area contributed by atoms with Crippen LogP contribution in [0.15, 0.2) is 24.3 Å². The Hall–Kier alpha value is -2.08. The van der Waals surface area contributed by atoms with Crippen LogP contribution in [0.2, 0.25) is 0 Å². The second-order valence-corrected chi connectivity index (χ2v) is 7.08. The van der Waals surface area contributed by atoms with Crippen molar-refractivity contribution < 1.29 is 14.7 Å². The molecule has 0 saturated carbocycles. The average molecular weight is 345 g/mol. The van der Waals surface area contributed by atoms with Gasteiger partial charge in [0.2, 0.25) is 0 Å². The Balaban J connectivity index is 1.47. The Morgan fingerprint density at radius 1 is 1.20 bits per heavy atom. The van der Waals surface area contributed by atoms with Gasteiger partial charge in [0, 0.05) is 44.3 Å². The Labute approximate surface area is 148 Å². The molecule has 25 heavy (non-hydrogen) atoms. The van der Waals surface area contributed by atoms with E-state index < -0.39 is 17.9 Å². The van der Waals surface area contributed by atoms with Crippen molar-refractivity contribution in [1.29, 1.82) is 0 Å². The number of nitrogens with zero attached hydrogens (tertiary/aromatic N) is 2. The first-order valence-corrected chi connectivity index (χ1v) is 9.13. The van der Waals surface area contributed by atoms with Crippen molar-refractivity contribution >= 4 is 17.5 Å². The SMILES string of the molecule is C[C@H](O)[C@@H]1CCN(C(=O)C(=O)NCc2ccc(N3CCCC3)cc2)C1. The molecule has 2 aliphatic heterocycles. The molecule has 0 bridgehead atoms. The Morgan fingerprint density at radius 3 is 2.48 bits per heavy atom. The minimum atomic E-state index is -0.574. The lowest BCUT2D eigenvalue weighted by Gasteiger charge is -2.18. The number of aliphatic hydroxyl groups excluding tert-OH is 1. The van der Waals surface area contributed by atoms with E-state index in [-0.39, 0.29) is 5.92 Å². The van der Waals surface area contributed by atoms with E-state index in [0.29, 0.717) is 19.6 Å². The monoisotopic (exact) mass is 345 g/mol. The van der Waals surface area contributed by atoms with Crippen LogP contribution >= 0.6 is 0 Å². The number of carbonyl (C=O) groups excluding carboxylic acids is 2. The van der Waals surface area contributed by atoms with Crippen LogP contribution in [0.3, 0.4) is 0 Å². The molecule has 0 aromatic heterocycles. The highest BCUT2D eigenvalue weighted by atomic mass is 16.3. The van der Waals surface area contributed by atoms with Crippen molar-refractivity contribution in [1.82, 2.24) is 10.2 Å². The maximum absolute atomic E-state index is 12.2. The van der Waals surface area contributed by atoms with E-state index in [9.17, 15) is 14.7 Å². The van der Waals surface area contributed by atoms with Crippen LogP contribution in [0.1, 0.15) is 31.7 Å². The molecule has 3 rings (SSSR count). The van der Waals surface area contributed by atoms with Gasteiger partial charge in [-0.25, -0.2) is 0 Å². The van der Waals surface area contributed by atoms with E-state index in [1.54, 1.807) is 6.92 Å². The number of benzene rings is 1. The maximum Gasteiger partial charge on any atom is 0.311 e. The zero-order valence-corrected chi connectivity index (χ0v) is 14.8. The molecule has 0 radical (unpaired) electrons. The number of aliphatic hydroxyl groups is 1. The second kappa shape index (κ2) is 7.87. The summed E-state index contributed by atoms with van der Waals surface area (Å²) in [4.78, 5) is 28.2. The van der Waals surface area contributed by atoms with E-state index in [0.717, 1.165) is 25.1 Å². The predicted octanol–water partition coefficient (Wildman–Crippen LogP) is 1.13. The largest absolute Gasteiger partial charge is 0.393 e. The van der Waals surface area contributed by atoms with Crippen molar-refractivity contribution in [3.8, 4) is 0 Å². The third-order valence-electron chi connectivity index (χ3n) is 5.25. The summed E-state index contributed by atoms with van der Waals surface area (Å²) in [6.45, 7) is 5.27. The summed E-state index contributed by atoms with van der Waals surface area (Å²) >= 11 is 0. The topological polar surface area (TPSA) is 72.9 Å². The molecule has 2 atom stereocenters. The standard InChI is InChI=1S/C19H27N3O3/c1-14(23)16-8-11-22(13-16)19(25)18(24)20-12-15-4-6-17(7-5-15)21-9-2-3-10-21/h4-7,14,16,23H,2-3,8-13H2,1H3,(H,20,24)/t14-,16+/m0/s1. The van der Waals surface area contributed by atoms with Crippen molar-refractivity contribution in [2.24, 2.45) is 5.92 Å². The molecule has 6 heteroatoms. The minimum Gasteiger partial charge on any atom is -0.393 e. The van der Waals surface area contributed by atoms with Crippen LogP contribution in [-0.4, -0.2) is 54.1 Å². The summed E-state index contributed by atoms with van der Waals surface area (Å²) in [5.41, 5.74) is 2.19. The zero-order valence-electron chi connectivity index (χ0n) is 14.8. The highest BCUT2D eigenvalue weighted by Crippen LogP contribution is 2.21. The van der Waals surface area contributed by atoms with Crippen LogP contribution in [0.25, 0.3) is 0 Å². The number of hydrogen-bond donors (Lipinski definition) is 2. The molecule has 2 N–H and O–H groups in total. The van der Waals surface area contributed by atoms with Gasteiger partial charge in [0.1, 0.15) is 0 Å². The smallest absolute Gasteiger partial charge is 0.311 e. The molecule has 2 amide bonds. The van der Waals surface area contributed by atoms with Crippen LogP contribution < -0.4 is 10.2 Å². The van der Waals surface area contributed by atoms with E-state index in [1.165, 1.54) is 23.4 Å². The first kappa shape index (κ1) is 17.7. The van der Waals surface area contributed by atoms with Crippen molar-refractivity contribution in [2.45, 2.75) is 38.8 Å². The number of carbonyl (C=O) groups is 2. The molecule has 1 aromatic carbocycles. The second-order valence-electron chi connectivity index (χ2n) is 7.08. The number of anilines is 1. The molecular weight excluding hydrogens is 318 g/mol. The van der Waals surface area contributed by atoms with E-state index in [1.807, 2.05) is 12.1 Å². The fourth-order valence-corrected chi connectivity index (χ4v) is 3.57. The van der Waals surface area contributed by atoms with Gasteiger partial charge in [0.05, 0.1) is 6.10 Å². The number of amides is 2. The fourth-order valence-electron chi connectivity index (χ4n) is 3.57. The van der Waals surface area contributed by atoms with Crippen LogP contribution in [0.4, 0.5) is 5.69 Å². The third-order valence-corrected chi connectivity index (χ3v) is 5.25. The Bertz CT molecular complexity index is 609. The van der Waals surface area contributed by atoms with Gasteiger partial charge in [-0.1, -0.05) is 12.1 Å². The van der Waals surface area contributed by atoms with Crippen LogP contribution in [0.5, 0.6) is 0 Å². The van der Waals surface area contributed by atoms with Crippen LogP contribution in [0, 0.1) is 5.92 Å². The summed E-state index contributed by atoms with van der Waals surface area (Å²) in [6, 6.07) is 8.14. The summed E-state index contributed by atoms with van der Waals surface area (Å²) in [7, 11) is 0. The zero-order chi connectivity index (χ0) is 17.8. The summed E-state index contributed by atoms with van der Waals surface area (Å²) < 4.78 is 0. The van der Waals surface area contributed by atoms with Gasteiger partial charge < -0.3 is 20.2 Å². The first-order chi connectivity index (χ1) is 12.0. The van der Waals surface area contributed by atoms with Gasteiger partial charge in [0.15, 0.2) is 0 Å². The van der Waals surface area contributed by atoms with Gasteiger partial charge in [-0.05, 0) is 43.9 Å². The molecule has 0 aliphatic carbocycles. The molecule has 1 aromatic rings. The van der Waals surface area contributed by atoms with Crippen molar-refractivity contribution in [3.63, 3.8) is 0 Å². The van der Waals surface area contributed by atoms with Crippen molar-refractivity contribution in [3.05, 3.63) is 29.8 Å². The van der Waals surface area contributed by atoms with Gasteiger partial charge in [-0.3, -0.25) is 9.59 Å². The van der Waals surface area contributed by atoms with Crippen LogP contribution in [-0.2, 0) is 16.1 Å². The highest BCUT2D eigenvalue weighted by Gasteiger charge is 2.31. The normalized spacial score (nSPS) is 21.4. The lowest BCUT2D eigenvalue weighted by molar-refractivity contribution is -0.145. The minimum absolute atomic E-state index is 0.0647. The lowest BCUT2D eigenvalue weighted by atomic mass is 10.0. The molecular formula is C19H27N3O3. The van der Waals surface area contributed by atoms with E-state index in [4.69, 9.17) is 0 Å². The number of rotatable bonds is 4.